The van der Waals surface area contributed by atoms with Gasteiger partial charge >= 0.3 is 0 Å². The van der Waals surface area contributed by atoms with Crippen molar-refractivity contribution in [1.29, 1.82) is 0 Å². The van der Waals surface area contributed by atoms with Crippen molar-refractivity contribution >= 4 is 5.57 Å². The lowest BCUT2D eigenvalue weighted by Gasteiger charge is -2.04. The molecule has 0 heterocycles. The van der Waals surface area contributed by atoms with E-state index < -0.39 is 0 Å². The summed E-state index contributed by atoms with van der Waals surface area (Å²) in [5.41, 5.74) is 2.44. The maximum atomic E-state index is 5.14. The summed E-state index contributed by atoms with van der Waals surface area (Å²) in [7, 11) is 1.68. The molecule has 0 saturated heterocycles. The Bertz CT molecular complexity index is 300. The summed E-state index contributed by atoms with van der Waals surface area (Å²) in [4.78, 5) is 0. The number of benzene rings is 1. The molecule has 0 amide bonds. The van der Waals surface area contributed by atoms with E-state index in [2.05, 4.69) is 26.0 Å². The molecule has 0 aliphatic rings. The Labute approximate surface area is 80.0 Å². The van der Waals surface area contributed by atoms with Crippen molar-refractivity contribution in [1.82, 2.24) is 0 Å². The highest BCUT2D eigenvalue weighted by atomic mass is 16.5. The van der Waals surface area contributed by atoms with Gasteiger partial charge in [0.2, 0.25) is 0 Å². The minimum absolute atomic E-state index is 0.822. The molecule has 0 aromatic heterocycles. The highest BCUT2D eigenvalue weighted by Crippen LogP contribution is 2.19. The molecule has 1 nitrogen and oxygen atoms in total. The second-order valence-electron chi connectivity index (χ2n) is 2.91. The first-order chi connectivity index (χ1) is 6.27. The van der Waals surface area contributed by atoms with Gasteiger partial charge in [-0.3, -0.25) is 0 Å². The van der Waals surface area contributed by atoms with Crippen LogP contribution in [0, 0.1) is 6.92 Å². The molecule has 69 valence electrons. The SMILES string of the molecule is [CH2]C/C=C(/C)c1cccc(OC)c1. The molecule has 0 N–H and O–H groups in total. The van der Waals surface area contributed by atoms with Gasteiger partial charge < -0.3 is 4.74 Å². The fourth-order valence-electron chi connectivity index (χ4n) is 1.20. The van der Waals surface area contributed by atoms with Crippen LogP contribution in [0.2, 0.25) is 0 Å². The Hall–Kier alpha value is -1.24. The van der Waals surface area contributed by atoms with Gasteiger partial charge in [-0.2, -0.15) is 0 Å². The van der Waals surface area contributed by atoms with Crippen molar-refractivity contribution in [2.24, 2.45) is 0 Å². The van der Waals surface area contributed by atoms with Crippen LogP contribution in [-0.4, -0.2) is 7.11 Å². The van der Waals surface area contributed by atoms with Gasteiger partial charge in [-0.25, -0.2) is 0 Å². The van der Waals surface area contributed by atoms with E-state index >= 15 is 0 Å². The van der Waals surface area contributed by atoms with Crippen LogP contribution in [0.4, 0.5) is 0 Å². The summed E-state index contributed by atoms with van der Waals surface area (Å²) < 4.78 is 5.14. The molecular formula is C12H15O. The summed E-state index contributed by atoms with van der Waals surface area (Å²) in [5.74, 6) is 0.898. The molecule has 1 rings (SSSR count). The average molecular weight is 175 g/mol. The molecule has 0 saturated carbocycles. The Morgan fingerprint density at radius 2 is 2.31 bits per heavy atom. The highest BCUT2D eigenvalue weighted by Gasteiger charge is 1.96. The van der Waals surface area contributed by atoms with Gasteiger partial charge in [-0.15, -0.1) is 0 Å². The third kappa shape index (κ3) is 2.62. The smallest absolute Gasteiger partial charge is 0.119 e. The predicted molar refractivity (Wildman–Crippen MR) is 56.6 cm³/mol. The quantitative estimate of drug-likeness (QED) is 0.684. The molecule has 0 spiro atoms. The first-order valence-electron chi connectivity index (χ1n) is 4.38. The van der Waals surface area contributed by atoms with Crippen LogP contribution in [0.3, 0.4) is 0 Å². The average Bonchev–Trinajstić information content (AvgIpc) is 2.18. The Morgan fingerprint density at radius 3 is 2.92 bits per heavy atom. The standard InChI is InChI=1S/C12H15O/c1-4-6-10(2)11-7-5-8-12(9-11)13-3/h5-9H,1,4H2,2-3H3/b10-6-. The fraction of sp³-hybridized carbons (Fsp3) is 0.250. The topological polar surface area (TPSA) is 9.23 Å². The number of methoxy groups -OCH3 is 1. The molecule has 0 bridgehead atoms. The Morgan fingerprint density at radius 1 is 1.54 bits per heavy atom. The first kappa shape index (κ1) is 9.85. The molecule has 0 unspecified atom stereocenters. The minimum atomic E-state index is 0.822. The van der Waals surface area contributed by atoms with E-state index in [0.717, 1.165) is 12.2 Å². The summed E-state index contributed by atoms with van der Waals surface area (Å²) in [6.45, 7) is 5.87. The van der Waals surface area contributed by atoms with Crippen molar-refractivity contribution in [3.05, 3.63) is 42.8 Å². The zero-order chi connectivity index (χ0) is 9.68. The zero-order valence-corrected chi connectivity index (χ0v) is 8.21. The van der Waals surface area contributed by atoms with Crippen LogP contribution in [0.15, 0.2) is 30.3 Å². The number of allylic oxidation sites excluding steroid dienone is 2. The van der Waals surface area contributed by atoms with Gasteiger partial charge in [-0.05, 0) is 43.5 Å². The van der Waals surface area contributed by atoms with Crippen LogP contribution >= 0.6 is 0 Å². The molecular weight excluding hydrogens is 160 g/mol. The monoisotopic (exact) mass is 175 g/mol. The van der Waals surface area contributed by atoms with Gasteiger partial charge in [0.1, 0.15) is 5.75 Å². The number of hydrogen-bond acceptors (Lipinski definition) is 1. The van der Waals surface area contributed by atoms with Gasteiger partial charge in [0.15, 0.2) is 0 Å². The number of ether oxygens (including phenoxy) is 1. The third-order valence-electron chi connectivity index (χ3n) is 1.98. The van der Waals surface area contributed by atoms with E-state index in [9.17, 15) is 0 Å². The van der Waals surface area contributed by atoms with Gasteiger partial charge in [0.05, 0.1) is 7.11 Å². The normalized spacial score (nSPS) is 11.5. The second-order valence-corrected chi connectivity index (χ2v) is 2.91. The van der Waals surface area contributed by atoms with Crippen molar-refractivity contribution in [2.45, 2.75) is 13.3 Å². The lowest BCUT2D eigenvalue weighted by atomic mass is 10.1. The molecule has 13 heavy (non-hydrogen) atoms. The summed E-state index contributed by atoms with van der Waals surface area (Å²) in [5, 5.41) is 0. The summed E-state index contributed by atoms with van der Waals surface area (Å²) in [6, 6.07) is 8.04. The van der Waals surface area contributed by atoms with Crippen LogP contribution < -0.4 is 4.74 Å². The Balaban J connectivity index is 2.94. The van der Waals surface area contributed by atoms with Crippen molar-refractivity contribution < 1.29 is 4.74 Å². The third-order valence-corrected chi connectivity index (χ3v) is 1.98. The maximum Gasteiger partial charge on any atom is 0.119 e. The van der Waals surface area contributed by atoms with Gasteiger partial charge in [0, 0.05) is 0 Å². The number of rotatable bonds is 3. The molecule has 1 radical (unpaired) electrons. The molecule has 0 aliphatic carbocycles. The van der Waals surface area contributed by atoms with E-state index in [1.165, 1.54) is 11.1 Å². The van der Waals surface area contributed by atoms with Crippen LogP contribution in [0.25, 0.3) is 5.57 Å². The summed E-state index contributed by atoms with van der Waals surface area (Å²) >= 11 is 0. The van der Waals surface area contributed by atoms with Crippen molar-refractivity contribution in [3.63, 3.8) is 0 Å². The van der Waals surface area contributed by atoms with E-state index in [1.807, 2.05) is 18.2 Å². The lowest BCUT2D eigenvalue weighted by molar-refractivity contribution is 0.414. The van der Waals surface area contributed by atoms with E-state index in [1.54, 1.807) is 7.11 Å². The summed E-state index contributed by atoms with van der Waals surface area (Å²) in [6.07, 6.45) is 2.93. The van der Waals surface area contributed by atoms with Gasteiger partial charge in [0.25, 0.3) is 0 Å². The number of hydrogen-bond donors (Lipinski definition) is 0. The first-order valence-corrected chi connectivity index (χ1v) is 4.38. The van der Waals surface area contributed by atoms with E-state index in [-0.39, 0.29) is 0 Å². The maximum absolute atomic E-state index is 5.14. The molecule has 1 heteroatoms. The van der Waals surface area contributed by atoms with E-state index in [0.29, 0.717) is 0 Å². The Kier molecular flexibility index (Phi) is 3.56. The van der Waals surface area contributed by atoms with Crippen LogP contribution in [0.5, 0.6) is 5.75 Å². The predicted octanol–water partition coefficient (Wildman–Crippen LogP) is 3.32. The molecule has 0 aliphatic heterocycles. The second kappa shape index (κ2) is 4.70. The van der Waals surface area contributed by atoms with Crippen molar-refractivity contribution in [2.75, 3.05) is 7.11 Å². The fourth-order valence-corrected chi connectivity index (χ4v) is 1.20. The highest BCUT2D eigenvalue weighted by molar-refractivity contribution is 5.64. The molecule has 0 atom stereocenters. The van der Waals surface area contributed by atoms with Crippen molar-refractivity contribution in [3.8, 4) is 5.75 Å². The zero-order valence-electron chi connectivity index (χ0n) is 8.21. The molecule has 1 aromatic rings. The minimum Gasteiger partial charge on any atom is -0.497 e. The van der Waals surface area contributed by atoms with Gasteiger partial charge in [-0.1, -0.05) is 18.2 Å². The largest absolute Gasteiger partial charge is 0.497 e. The van der Waals surface area contributed by atoms with Crippen LogP contribution in [0.1, 0.15) is 18.9 Å². The van der Waals surface area contributed by atoms with E-state index in [4.69, 9.17) is 4.74 Å². The molecule has 0 fully saturated rings. The van der Waals surface area contributed by atoms with Crippen LogP contribution in [-0.2, 0) is 0 Å². The lowest BCUT2D eigenvalue weighted by Crippen LogP contribution is -1.84. The molecule has 1 aromatic carbocycles.